The van der Waals surface area contributed by atoms with Gasteiger partial charge >= 0.3 is 0 Å². The number of nitrogens with zero attached hydrogens (tertiary/aromatic N) is 1. The number of anilines is 1. The molecule has 4 fully saturated rings. The van der Waals surface area contributed by atoms with Crippen LogP contribution in [0.2, 0.25) is 0 Å². The van der Waals surface area contributed by atoms with Crippen molar-refractivity contribution < 1.29 is 13.9 Å². The molecule has 30 heavy (non-hydrogen) atoms. The molecule has 4 aliphatic carbocycles. The molecule has 4 saturated carbocycles. The van der Waals surface area contributed by atoms with Crippen LogP contribution in [0.1, 0.15) is 38.5 Å². The highest BCUT2D eigenvalue weighted by Gasteiger charge is 2.54. The van der Waals surface area contributed by atoms with Crippen LogP contribution in [0, 0.1) is 23.2 Å². The van der Waals surface area contributed by atoms with Gasteiger partial charge in [-0.05, 0) is 80.5 Å². The minimum Gasteiger partial charge on any atom is -0.496 e. The number of nitrogens with one attached hydrogen (secondary N) is 1. The average molecular weight is 402 g/mol. The van der Waals surface area contributed by atoms with Crippen LogP contribution in [-0.4, -0.2) is 18.0 Å². The van der Waals surface area contributed by atoms with Crippen molar-refractivity contribution in [1.29, 1.82) is 0 Å². The molecule has 1 N–H and O–H groups in total. The molecule has 0 atom stereocenters. The molecule has 154 valence electrons. The Kier molecular flexibility index (Phi) is 3.95. The van der Waals surface area contributed by atoms with E-state index in [1.807, 2.05) is 42.5 Å². The van der Waals surface area contributed by atoms with Crippen LogP contribution >= 0.6 is 0 Å². The van der Waals surface area contributed by atoms with Crippen molar-refractivity contribution in [2.24, 2.45) is 23.2 Å². The van der Waals surface area contributed by atoms with Gasteiger partial charge in [-0.1, -0.05) is 12.1 Å². The predicted molar refractivity (Wildman–Crippen MR) is 115 cm³/mol. The van der Waals surface area contributed by atoms with Gasteiger partial charge in [0.25, 0.3) is 0 Å². The normalized spacial score (nSPS) is 29.3. The van der Waals surface area contributed by atoms with Crippen molar-refractivity contribution in [1.82, 2.24) is 4.98 Å². The van der Waals surface area contributed by atoms with Gasteiger partial charge in [0.05, 0.1) is 18.1 Å². The van der Waals surface area contributed by atoms with Crippen molar-refractivity contribution in [2.75, 3.05) is 12.4 Å². The zero-order valence-corrected chi connectivity index (χ0v) is 17.2. The Bertz CT molecular complexity index is 1100. The molecule has 7 rings (SSSR count). The number of carbonyl (C=O) groups excluding carboxylic acids is 1. The zero-order valence-electron chi connectivity index (χ0n) is 17.2. The summed E-state index contributed by atoms with van der Waals surface area (Å²) >= 11 is 0. The lowest BCUT2D eigenvalue weighted by Gasteiger charge is -2.55. The van der Waals surface area contributed by atoms with Gasteiger partial charge in [0.1, 0.15) is 11.3 Å². The van der Waals surface area contributed by atoms with E-state index in [0.717, 1.165) is 59.5 Å². The van der Waals surface area contributed by atoms with Gasteiger partial charge in [0, 0.05) is 11.8 Å². The number of rotatable bonds is 4. The van der Waals surface area contributed by atoms with Crippen molar-refractivity contribution in [3.63, 3.8) is 0 Å². The summed E-state index contributed by atoms with van der Waals surface area (Å²) in [5.41, 5.74) is 2.87. The van der Waals surface area contributed by atoms with E-state index in [1.54, 1.807) is 7.11 Å². The van der Waals surface area contributed by atoms with Crippen molar-refractivity contribution in [3.8, 4) is 17.2 Å². The third-order valence-corrected chi connectivity index (χ3v) is 7.50. The smallest absolute Gasteiger partial charge is 0.231 e. The lowest BCUT2D eigenvalue weighted by molar-refractivity contribution is -0.140. The monoisotopic (exact) mass is 402 g/mol. The molecule has 1 aromatic heterocycles. The van der Waals surface area contributed by atoms with E-state index in [0.29, 0.717) is 11.5 Å². The lowest BCUT2D eigenvalue weighted by Crippen LogP contribution is -2.51. The van der Waals surface area contributed by atoms with E-state index in [-0.39, 0.29) is 11.3 Å². The Hall–Kier alpha value is -2.82. The number of methoxy groups -OCH3 is 1. The van der Waals surface area contributed by atoms with Gasteiger partial charge in [0.15, 0.2) is 5.58 Å². The first kappa shape index (κ1) is 18.0. The Labute approximate surface area is 175 Å². The van der Waals surface area contributed by atoms with Crippen LogP contribution in [0.15, 0.2) is 46.9 Å². The van der Waals surface area contributed by atoms with Crippen LogP contribution in [0.4, 0.5) is 5.69 Å². The number of ether oxygens (including phenoxy) is 1. The second kappa shape index (κ2) is 6.59. The maximum atomic E-state index is 13.3. The highest BCUT2D eigenvalue weighted by Crippen LogP contribution is 2.60. The highest BCUT2D eigenvalue weighted by molar-refractivity contribution is 5.97. The van der Waals surface area contributed by atoms with Gasteiger partial charge in [-0.15, -0.1) is 0 Å². The Morgan fingerprint density at radius 3 is 2.47 bits per heavy atom. The molecule has 0 saturated heterocycles. The number of amides is 1. The largest absolute Gasteiger partial charge is 0.496 e. The highest BCUT2D eigenvalue weighted by atomic mass is 16.5. The van der Waals surface area contributed by atoms with Crippen molar-refractivity contribution >= 4 is 22.7 Å². The molecule has 0 radical (unpaired) electrons. The molecular weight excluding hydrogens is 376 g/mol. The maximum Gasteiger partial charge on any atom is 0.231 e. The molecule has 4 aliphatic rings. The van der Waals surface area contributed by atoms with Crippen LogP contribution in [0.3, 0.4) is 0 Å². The number of fused-ring (bicyclic) bond motifs is 1. The number of oxazole rings is 1. The molecule has 5 nitrogen and oxygen atoms in total. The summed E-state index contributed by atoms with van der Waals surface area (Å²) in [5.74, 6) is 3.70. The summed E-state index contributed by atoms with van der Waals surface area (Å²) in [6, 6.07) is 13.4. The summed E-state index contributed by atoms with van der Waals surface area (Å²) in [4.78, 5) is 17.9. The Balaban J connectivity index is 1.27. The maximum absolute atomic E-state index is 13.3. The van der Waals surface area contributed by atoms with Gasteiger partial charge < -0.3 is 14.5 Å². The summed E-state index contributed by atoms with van der Waals surface area (Å²) in [5, 5.41) is 3.21. The van der Waals surface area contributed by atoms with Crippen LogP contribution < -0.4 is 10.1 Å². The fourth-order valence-corrected chi connectivity index (χ4v) is 6.59. The molecule has 1 amide bonds. The molecule has 4 bridgehead atoms. The Morgan fingerprint density at radius 2 is 1.77 bits per heavy atom. The number of para-hydroxylation sites is 1. The lowest BCUT2D eigenvalue weighted by atomic mass is 9.49. The van der Waals surface area contributed by atoms with E-state index in [9.17, 15) is 4.79 Å². The van der Waals surface area contributed by atoms with Gasteiger partial charge in [-0.25, -0.2) is 4.98 Å². The first-order valence-electron chi connectivity index (χ1n) is 11.0. The summed E-state index contributed by atoms with van der Waals surface area (Å²) < 4.78 is 11.5. The van der Waals surface area contributed by atoms with Crippen molar-refractivity contribution in [2.45, 2.75) is 38.5 Å². The van der Waals surface area contributed by atoms with Crippen LogP contribution in [0.5, 0.6) is 5.75 Å². The van der Waals surface area contributed by atoms with Crippen LogP contribution in [0.25, 0.3) is 22.6 Å². The summed E-state index contributed by atoms with van der Waals surface area (Å²) in [7, 11) is 1.64. The van der Waals surface area contributed by atoms with Crippen molar-refractivity contribution in [3.05, 3.63) is 42.5 Å². The minimum atomic E-state index is -0.159. The number of hydrogen-bond donors (Lipinski definition) is 1. The minimum absolute atomic E-state index is 0.159. The topological polar surface area (TPSA) is 64.4 Å². The molecule has 5 heteroatoms. The van der Waals surface area contributed by atoms with Gasteiger partial charge in [0.2, 0.25) is 11.8 Å². The SMILES string of the molecule is COc1ccccc1-c1nc2ccc(NC(=O)C34CC5CC(CC(C5)C3)C4)cc2o1. The third kappa shape index (κ3) is 2.83. The standard InChI is InChI=1S/C25H26N2O3/c1-29-21-5-3-2-4-19(21)23-27-20-7-6-18(11-22(20)30-23)26-24(28)25-12-15-8-16(13-25)10-17(9-15)14-25/h2-7,11,15-17H,8-10,12-14H2,1H3,(H,26,28). The molecule has 0 aliphatic heterocycles. The van der Waals surface area contributed by atoms with E-state index in [2.05, 4.69) is 10.3 Å². The Morgan fingerprint density at radius 1 is 1.07 bits per heavy atom. The molecule has 0 unspecified atom stereocenters. The molecular formula is C25H26N2O3. The number of aromatic nitrogens is 1. The first-order valence-corrected chi connectivity index (χ1v) is 11.0. The van der Waals surface area contributed by atoms with E-state index < -0.39 is 0 Å². The summed E-state index contributed by atoms with van der Waals surface area (Å²) in [6.45, 7) is 0. The quantitative estimate of drug-likeness (QED) is 0.612. The van der Waals surface area contributed by atoms with E-state index in [1.165, 1.54) is 19.3 Å². The average Bonchev–Trinajstić information content (AvgIpc) is 3.16. The number of hydrogen-bond acceptors (Lipinski definition) is 4. The van der Waals surface area contributed by atoms with Gasteiger partial charge in [-0.3, -0.25) is 4.79 Å². The molecule has 2 aromatic carbocycles. The number of benzene rings is 2. The predicted octanol–water partition coefficient (Wildman–Crippen LogP) is 5.66. The fraction of sp³-hybridized carbons (Fsp3) is 0.440. The summed E-state index contributed by atoms with van der Waals surface area (Å²) in [6.07, 6.45) is 7.20. The molecule has 1 heterocycles. The first-order chi connectivity index (χ1) is 14.6. The van der Waals surface area contributed by atoms with E-state index in [4.69, 9.17) is 9.15 Å². The second-order valence-corrected chi connectivity index (χ2v) is 9.55. The van der Waals surface area contributed by atoms with E-state index >= 15 is 0 Å². The molecule has 0 spiro atoms. The zero-order chi connectivity index (χ0) is 20.3. The second-order valence-electron chi connectivity index (χ2n) is 9.55. The van der Waals surface area contributed by atoms with Crippen LogP contribution in [-0.2, 0) is 4.79 Å². The number of carbonyl (C=O) groups is 1. The van der Waals surface area contributed by atoms with Gasteiger partial charge in [-0.2, -0.15) is 0 Å². The third-order valence-electron chi connectivity index (χ3n) is 7.50. The molecule has 3 aromatic rings. The fourth-order valence-electron chi connectivity index (χ4n) is 6.59.